The van der Waals surface area contributed by atoms with Crippen molar-refractivity contribution in [3.8, 4) is 0 Å². The number of Topliss-reactive ketones (excluding diaryl/α,β-unsaturated/α-hetero) is 6. The van der Waals surface area contributed by atoms with Crippen LogP contribution in [0.15, 0.2) is 0 Å². The van der Waals surface area contributed by atoms with Gasteiger partial charge in [0.25, 0.3) is 0 Å². The van der Waals surface area contributed by atoms with Crippen LogP contribution in [0.25, 0.3) is 0 Å². The van der Waals surface area contributed by atoms with E-state index in [2.05, 4.69) is 0 Å². The van der Waals surface area contributed by atoms with Crippen molar-refractivity contribution in [3.63, 3.8) is 0 Å². The molecule has 0 saturated heterocycles. The van der Waals surface area contributed by atoms with Crippen LogP contribution in [0.4, 0.5) is 39.5 Å². The first-order valence-corrected chi connectivity index (χ1v) is 6.91. The Hall–Kier alpha value is -2.48. The first-order valence-electron chi connectivity index (χ1n) is 6.91. The second-order valence-electron chi connectivity index (χ2n) is 4.85. The van der Waals surface area contributed by atoms with Gasteiger partial charge in [0, 0.05) is 17.3 Å². The third kappa shape index (κ3) is 23.7. The summed E-state index contributed by atoms with van der Waals surface area (Å²) in [7, 11) is 0. The molecule has 0 aliphatic carbocycles. The average Bonchev–Trinajstić information content (AvgIpc) is 2.43. The van der Waals surface area contributed by atoms with Gasteiger partial charge >= 0.3 is 35.6 Å². The molecule has 0 aromatic heterocycles. The normalized spacial score (nSPS) is 10.5. The molecule has 0 rings (SSSR count). The minimum absolute atomic E-state index is 0. The number of rotatable bonds is 6. The molecule has 0 heterocycles. The molecular weight excluding hydrogens is 503 g/mol. The van der Waals surface area contributed by atoms with E-state index in [0.717, 1.165) is 20.8 Å². The Kier molecular flexibility index (Phi) is 16.8. The molecule has 0 N–H and O–H groups in total. The molecule has 0 saturated carbocycles. The number of carbonyl (C=O) groups excluding carboxylic acids is 6. The first-order chi connectivity index (χ1) is 13.0. The number of carbonyl (C=O) groups is 6. The Bertz CT molecular complexity index is 573. The molecule has 16 heteroatoms. The van der Waals surface area contributed by atoms with Gasteiger partial charge in [-0.3, -0.25) is 19.3 Å². The van der Waals surface area contributed by atoms with Crippen LogP contribution in [0.1, 0.15) is 20.8 Å². The van der Waals surface area contributed by atoms with Gasteiger partial charge in [-0.05, 0) is 20.8 Å². The summed E-state index contributed by atoms with van der Waals surface area (Å²) >= 11 is 0. The van der Waals surface area contributed by atoms with E-state index in [1.807, 2.05) is 0 Å². The molecule has 179 valence electrons. The molecule has 0 fully saturated rings. The zero-order valence-electron chi connectivity index (χ0n) is 15.4. The fraction of sp³-hybridized carbons (Fsp3) is 0.400. The number of hydrogen-bond acceptors (Lipinski definition) is 6. The van der Waals surface area contributed by atoms with Crippen molar-refractivity contribution in [3.05, 3.63) is 19.3 Å². The third-order valence-electron chi connectivity index (χ3n) is 1.84. The van der Waals surface area contributed by atoms with Crippen molar-refractivity contribution in [2.24, 2.45) is 0 Å². The van der Waals surface area contributed by atoms with Crippen molar-refractivity contribution in [1.82, 2.24) is 0 Å². The molecular formula is C15H12F9FeO6. The summed E-state index contributed by atoms with van der Waals surface area (Å²) in [5.74, 6) is -9.04. The van der Waals surface area contributed by atoms with E-state index in [9.17, 15) is 68.3 Å². The fourth-order valence-corrected chi connectivity index (χ4v) is 0.799. The predicted octanol–water partition coefficient (Wildman–Crippen LogP) is 2.73. The van der Waals surface area contributed by atoms with Crippen molar-refractivity contribution >= 4 is 34.7 Å². The summed E-state index contributed by atoms with van der Waals surface area (Å²) in [6, 6.07) is 0. The Labute approximate surface area is 179 Å². The maximum Gasteiger partial charge on any atom is 3.00 e. The largest absolute Gasteiger partial charge is 3.00 e. The molecule has 0 aliphatic heterocycles. The Morgan fingerprint density at radius 3 is 0.613 bits per heavy atom. The molecule has 1 radical (unpaired) electrons. The van der Waals surface area contributed by atoms with Crippen LogP contribution in [-0.4, -0.2) is 53.2 Å². The summed E-state index contributed by atoms with van der Waals surface area (Å²) in [4.78, 5) is 59.4. The molecule has 6 nitrogen and oxygen atoms in total. The van der Waals surface area contributed by atoms with Crippen LogP contribution in [-0.2, 0) is 45.8 Å². The van der Waals surface area contributed by atoms with E-state index < -0.39 is 53.2 Å². The van der Waals surface area contributed by atoms with E-state index in [4.69, 9.17) is 0 Å². The molecule has 31 heavy (non-hydrogen) atoms. The second-order valence-corrected chi connectivity index (χ2v) is 4.85. The number of ketones is 6. The van der Waals surface area contributed by atoms with Gasteiger partial charge in [0.1, 0.15) is 17.3 Å². The Morgan fingerprint density at radius 2 is 0.581 bits per heavy atom. The van der Waals surface area contributed by atoms with Gasteiger partial charge in [-0.25, -0.2) is 0 Å². The molecule has 0 aliphatic rings. The van der Waals surface area contributed by atoms with Gasteiger partial charge in [0.05, 0.1) is 0 Å². The van der Waals surface area contributed by atoms with E-state index >= 15 is 0 Å². The second kappa shape index (κ2) is 14.5. The van der Waals surface area contributed by atoms with E-state index in [-0.39, 0.29) is 36.3 Å². The zero-order valence-corrected chi connectivity index (χ0v) is 16.5. The summed E-state index contributed by atoms with van der Waals surface area (Å²) in [6.07, 6.45) is -14.7. The molecule has 0 spiro atoms. The van der Waals surface area contributed by atoms with Crippen LogP contribution in [0, 0.1) is 19.3 Å². The van der Waals surface area contributed by atoms with Crippen LogP contribution < -0.4 is 0 Å². The first kappa shape index (κ1) is 35.9. The van der Waals surface area contributed by atoms with Gasteiger partial charge in [-0.15, -0.1) is 0 Å². The molecule has 0 unspecified atom stereocenters. The van der Waals surface area contributed by atoms with Crippen LogP contribution in [0.3, 0.4) is 0 Å². The monoisotopic (exact) mass is 515 g/mol. The summed E-state index contributed by atoms with van der Waals surface area (Å²) < 4.78 is 101. The maximum absolute atomic E-state index is 11.3. The van der Waals surface area contributed by atoms with Crippen LogP contribution in [0.5, 0.6) is 0 Å². The van der Waals surface area contributed by atoms with Gasteiger partial charge in [0.15, 0.2) is 0 Å². The zero-order chi connectivity index (χ0) is 25.1. The van der Waals surface area contributed by atoms with Crippen LogP contribution >= 0.6 is 0 Å². The topological polar surface area (TPSA) is 102 Å². The third-order valence-corrected chi connectivity index (χ3v) is 1.84. The smallest absolute Gasteiger partial charge is 0.334 e. The summed E-state index contributed by atoms with van der Waals surface area (Å²) in [5.41, 5.74) is 0. The minimum Gasteiger partial charge on any atom is -0.334 e. The molecule has 0 aromatic rings. The molecule has 0 atom stereocenters. The van der Waals surface area contributed by atoms with Crippen molar-refractivity contribution in [2.45, 2.75) is 39.3 Å². The number of alkyl halides is 9. The van der Waals surface area contributed by atoms with Crippen molar-refractivity contribution in [2.75, 3.05) is 0 Å². The van der Waals surface area contributed by atoms with Gasteiger partial charge < -0.3 is 28.8 Å². The SMILES string of the molecule is CC(=O)[CH-]C(=O)C(F)(F)F.CC(=O)[CH-]C(=O)C(F)(F)F.CC(=O)[CH-]C(=O)C(F)(F)F.[Fe+3]. The number of halogens is 9. The van der Waals surface area contributed by atoms with E-state index in [1.165, 1.54) is 0 Å². The number of hydrogen-bond donors (Lipinski definition) is 0. The maximum atomic E-state index is 11.3. The molecule has 0 bridgehead atoms. The van der Waals surface area contributed by atoms with Crippen molar-refractivity contribution in [1.29, 1.82) is 0 Å². The molecule has 0 aromatic carbocycles. The van der Waals surface area contributed by atoms with Gasteiger partial charge in [-0.1, -0.05) is 0 Å². The van der Waals surface area contributed by atoms with Crippen molar-refractivity contribution < 1.29 is 85.3 Å². The quantitative estimate of drug-likeness (QED) is 0.234. The van der Waals surface area contributed by atoms with E-state index in [0.29, 0.717) is 0 Å². The Balaban J connectivity index is -0.000000174. The predicted molar refractivity (Wildman–Crippen MR) is 78.1 cm³/mol. The van der Waals surface area contributed by atoms with Gasteiger partial charge in [-0.2, -0.15) is 39.5 Å². The summed E-state index contributed by atoms with van der Waals surface area (Å²) in [6.45, 7) is 2.64. The molecule has 0 amide bonds. The summed E-state index contributed by atoms with van der Waals surface area (Å²) in [5, 5.41) is 0. The minimum atomic E-state index is -4.92. The average molecular weight is 515 g/mol. The standard InChI is InChI=1S/3C5H4F3O2.Fe/c3*1-3(9)2-4(10)5(6,7)8;/h3*2H,1H3;/q3*-1;+3. The fourth-order valence-electron chi connectivity index (χ4n) is 0.799. The van der Waals surface area contributed by atoms with Crippen LogP contribution in [0.2, 0.25) is 0 Å². The van der Waals surface area contributed by atoms with E-state index in [1.54, 1.807) is 0 Å². The Morgan fingerprint density at radius 1 is 0.452 bits per heavy atom. The van der Waals surface area contributed by atoms with Gasteiger partial charge in [0.2, 0.25) is 0 Å².